The predicted octanol–water partition coefficient (Wildman–Crippen LogP) is 2.32. The number of carbonyl (C=O) groups excluding carboxylic acids is 2. The second-order valence-electron chi connectivity index (χ2n) is 5.76. The molecule has 0 aromatic heterocycles. The van der Waals surface area contributed by atoms with Gasteiger partial charge in [0.1, 0.15) is 22.5 Å². The van der Waals surface area contributed by atoms with Crippen molar-refractivity contribution in [2.75, 3.05) is 13.2 Å². The van der Waals surface area contributed by atoms with Crippen LogP contribution in [0, 0.1) is 5.82 Å². The molecule has 0 amide bonds. The van der Waals surface area contributed by atoms with E-state index in [2.05, 4.69) is 0 Å². The van der Waals surface area contributed by atoms with Crippen molar-refractivity contribution in [1.82, 2.24) is 4.72 Å². The molecule has 0 unspecified atom stereocenters. The Bertz CT molecular complexity index is 943. The maximum absolute atomic E-state index is 13.7. The number of carbonyl (C=O) groups is 2. The maximum Gasteiger partial charge on any atom is 0.324 e. The van der Waals surface area contributed by atoms with Crippen molar-refractivity contribution in [3.63, 3.8) is 0 Å². The molecule has 1 N–H and O–H groups in total. The van der Waals surface area contributed by atoms with Crippen molar-refractivity contribution in [2.24, 2.45) is 0 Å². The van der Waals surface area contributed by atoms with Crippen LogP contribution >= 0.6 is 0 Å². The molecule has 0 saturated carbocycles. The highest BCUT2D eigenvalue weighted by atomic mass is 32.2. The lowest BCUT2D eigenvalue weighted by Crippen LogP contribution is -2.40. The molecule has 7 nitrogen and oxygen atoms in total. The van der Waals surface area contributed by atoms with E-state index in [1.807, 2.05) is 11.6 Å². The molecule has 2 aromatic rings. The average molecular weight is 409 g/mol. The first kappa shape index (κ1) is 21.5. The number of Topliss-reactive ketones (excluding diaryl/α,β-unsaturated/α-hetero) is 1. The molecule has 150 valence electrons. The van der Waals surface area contributed by atoms with E-state index in [0.29, 0.717) is 17.9 Å². The number of nitrogens with one attached hydrogen (secondary N) is 1. The van der Waals surface area contributed by atoms with E-state index in [4.69, 9.17) is 9.47 Å². The van der Waals surface area contributed by atoms with Gasteiger partial charge in [-0.3, -0.25) is 9.59 Å². The number of ether oxygens (including phenoxy) is 2. The van der Waals surface area contributed by atoms with Crippen LogP contribution < -0.4 is 9.46 Å². The minimum absolute atomic E-state index is 0.316. The van der Waals surface area contributed by atoms with Crippen LogP contribution in [0.3, 0.4) is 0 Å². The number of halogens is 1. The second kappa shape index (κ2) is 9.43. The average Bonchev–Trinajstić information content (AvgIpc) is 2.66. The summed E-state index contributed by atoms with van der Waals surface area (Å²) < 4.78 is 50.2. The molecular weight excluding hydrogens is 389 g/mol. The van der Waals surface area contributed by atoms with Crippen molar-refractivity contribution < 1.29 is 31.9 Å². The Labute approximate surface area is 162 Å². The highest BCUT2D eigenvalue weighted by Crippen LogP contribution is 2.14. The summed E-state index contributed by atoms with van der Waals surface area (Å²) in [6.07, 6.45) is 0. The van der Waals surface area contributed by atoms with E-state index >= 15 is 0 Å². The Morgan fingerprint density at radius 2 is 1.75 bits per heavy atom. The zero-order chi connectivity index (χ0) is 20.7. The van der Waals surface area contributed by atoms with Crippen molar-refractivity contribution in [1.29, 1.82) is 0 Å². The number of benzene rings is 2. The van der Waals surface area contributed by atoms with E-state index < -0.39 is 45.1 Å². The summed E-state index contributed by atoms with van der Waals surface area (Å²) >= 11 is 0. The molecule has 9 heteroatoms. The van der Waals surface area contributed by atoms with Crippen LogP contribution in [0.4, 0.5) is 4.39 Å². The summed E-state index contributed by atoms with van der Waals surface area (Å²) in [4.78, 5) is 23.5. The molecule has 28 heavy (non-hydrogen) atoms. The fourth-order valence-corrected chi connectivity index (χ4v) is 3.53. The summed E-state index contributed by atoms with van der Waals surface area (Å²) in [5, 5.41) is 0. The number of esters is 1. The second-order valence-corrected chi connectivity index (χ2v) is 7.44. The normalized spacial score (nSPS) is 12.2. The maximum atomic E-state index is 13.7. The third kappa shape index (κ3) is 5.61. The van der Waals surface area contributed by atoms with Gasteiger partial charge in [0.05, 0.1) is 6.61 Å². The molecule has 0 aliphatic carbocycles. The lowest BCUT2D eigenvalue weighted by atomic mass is 10.1. The monoisotopic (exact) mass is 409 g/mol. The van der Waals surface area contributed by atoms with Crippen LogP contribution in [0.5, 0.6) is 5.75 Å². The summed E-state index contributed by atoms with van der Waals surface area (Å²) in [6, 6.07) is 9.76. The molecule has 0 bridgehead atoms. The smallest absolute Gasteiger partial charge is 0.324 e. The molecule has 1 atom stereocenters. The standard InChI is InChI=1S/C19H20FNO6S/c1-3-26-15-10-8-14(9-11-15)17(22)12-27-19(23)13(2)21-28(24,25)18-7-5-4-6-16(18)20/h4-11,13,21H,3,12H2,1-2H3/t13-/m0/s1. The van der Waals surface area contributed by atoms with Crippen LogP contribution in [0.25, 0.3) is 0 Å². The first-order valence-electron chi connectivity index (χ1n) is 8.44. The molecule has 0 saturated heterocycles. The molecule has 0 fully saturated rings. The Kier molecular flexibility index (Phi) is 7.24. The summed E-state index contributed by atoms with van der Waals surface area (Å²) in [6.45, 7) is 3.01. The molecule has 2 rings (SSSR count). The van der Waals surface area contributed by atoms with Gasteiger partial charge in [-0.1, -0.05) is 12.1 Å². The first-order valence-corrected chi connectivity index (χ1v) is 9.92. The van der Waals surface area contributed by atoms with Crippen LogP contribution in [-0.4, -0.2) is 39.4 Å². The lowest BCUT2D eigenvalue weighted by Gasteiger charge is -2.14. The van der Waals surface area contributed by atoms with Crippen molar-refractivity contribution in [3.8, 4) is 5.75 Å². The topological polar surface area (TPSA) is 98.8 Å². The van der Waals surface area contributed by atoms with Gasteiger partial charge in [0, 0.05) is 5.56 Å². The molecule has 0 aliphatic heterocycles. The minimum atomic E-state index is -4.26. The molecular formula is C19H20FNO6S. The Morgan fingerprint density at radius 3 is 2.36 bits per heavy atom. The van der Waals surface area contributed by atoms with Crippen LogP contribution in [0.1, 0.15) is 24.2 Å². The zero-order valence-electron chi connectivity index (χ0n) is 15.3. The van der Waals surface area contributed by atoms with Gasteiger partial charge in [-0.05, 0) is 50.2 Å². The number of hydrogen-bond donors (Lipinski definition) is 1. The number of ketones is 1. The van der Waals surface area contributed by atoms with E-state index in [1.54, 1.807) is 12.1 Å². The fraction of sp³-hybridized carbons (Fsp3) is 0.263. The van der Waals surface area contributed by atoms with E-state index in [-0.39, 0.29) is 0 Å². The van der Waals surface area contributed by atoms with Crippen molar-refractivity contribution >= 4 is 21.8 Å². The fourth-order valence-electron chi connectivity index (χ4n) is 2.26. The number of sulfonamides is 1. The SMILES string of the molecule is CCOc1ccc(C(=O)COC(=O)[C@H](C)NS(=O)(=O)c2ccccc2F)cc1. The summed E-state index contributed by atoms with van der Waals surface area (Å²) in [5.41, 5.74) is 0.316. The quantitative estimate of drug-likeness (QED) is 0.504. The zero-order valence-corrected chi connectivity index (χ0v) is 16.2. The van der Waals surface area contributed by atoms with E-state index in [0.717, 1.165) is 12.1 Å². The van der Waals surface area contributed by atoms with Crippen molar-refractivity contribution in [3.05, 3.63) is 59.9 Å². The third-order valence-corrected chi connectivity index (χ3v) is 5.22. The molecule has 0 aliphatic rings. The van der Waals surface area contributed by atoms with E-state index in [9.17, 15) is 22.4 Å². The first-order chi connectivity index (χ1) is 13.2. The Balaban J connectivity index is 1.93. The Hall–Kier alpha value is -2.78. The minimum Gasteiger partial charge on any atom is -0.494 e. The van der Waals surface area contributed by atoms with E-state index in [1.165, 1.54) is 31.2 Å². The van der Waals surface area contributed by atoms with Gasteiger partial charge < -0.3 is 9.47 Å². The Morgan fingerprint density at radius 1 is 1.11 bits per heavy atom. The van der Waals surface area contributed by atoms with Gasteiger partial charge >= 0.3 is 5.97 Å². The number of rotatable bonds is 9. The summed E-state index contributed by atoms with van der Waals surface area (Å²) in [7, 11) is -4.26. The van der Waals surface area contributed by atoms with Crippen LogP contribution in [-0.2, 0) is 19.6 Å². The van der Waals surface area contributed by atoms with Crippen LogP contribution in [0.2, 0.25) is 0 Å². The molecule has 0 heterocycles. The molecule has 0 radical (unpaired) electrons. The highest BCUT2D eigenvalue weighted by Gasteiger charge is 2.25. The lowest BCUT2D eigenvalue weighted by molar-refractivity contribution is -0.144. The van der Waals surface area contributed by atoms with Gasteiger partial charge in [-0.25, -0.2) is 12.8 Å². The van der Waals surface area contributed by atoms with Gasteiger partial charge in [-0.2, -0.15) is 4.72 Å². The van der Waals surface area contributed by atoms with Crippen LogP contribution in [0.15, 0.2) is 53.4 Å². The van der Waals surface area contributed by atoms with Crippen molar-refractivity contribution in [2.45, 2.75) is 24.8 Å². The highest BCUT2D eigenvalue weighted by molar-refractivity contribution is 7.89. The predicted molar refractivity (Wildman–Crippen MR) is 99.1 cm³/mol. The third-order valence-electron chi connectivity index (χ3n) is 3.64. The molecule has 0 spiro atoms. The van der Waals surface area contributed by atoms with Gasteiger partial charge in [0.15, 0.2) is 12.4 Å². The summed E-state index contributed by atoms with van der Waals surface area (Å²) in [5.74, 6) is -1.76. The molecule has 2 aromatic carbocycles. The number of hydrogen-bond acceptors (Lipinski definition) is 6. The van der Waals surface area contributed by atoms with Gasteiger partial charge in [-0.15, -0.1) is 0 Å². The van der Waals surface area contributed by atoms with Gasteiger partial charge in [0.25, 0.3) is 0 Å². The largest absolute Gasteiger partial charge is 0.494 e. The van der Waals surface area contributed by atoms with Gasteiger partial charge in [0.2, 0.25) is 10.0 Å².